The monoisotopic (exact) mass is 351 g/mol. The van der Waals surface area contributed by atoms with Gasteiger partial charge in [0.15, 0.2) is 0 Å². The summed E-state index contributed by atoms with van der Waals surface area (Å²) in [4.78, 5) is 25.9. The Morgan fingerprint density at radius 2 is 1.92 bits per heavy atom. The van der Waals surface area contributed by atoms with Crippen LogP contribution in [0.2, 0.25) is 0 Å². The molecule has 1 aliphatic heterocycles. The first-order valence-corrected chi connectivity index (χ1v) is 9.08. The number of thioether (sulfide) groups is 1. The van der Waals surface area contributed by atoms with E-state index in [1.165, 1.54) is 17.6 Å². The average Bonchev–Trinajstić information content (AvgIpc) is 2.96. The Hall–Kier alpha value is -1.69. The van der Waals surface area contributed by atoms with E-state index in [4.69, 9.17) is 9.47 Å². The highest BCUT2D eigenvalue weighted by molar-refractivity contribution is 7.99. The van der Waals surface area contributed by atoms with Crippen molar-refractivity contribution in [1.82, 2.24) is 4.90 Å². The van der Waals surface area contributed by atoms with Gasteiger partial charge in [-0.3, -0.25) is 4.90 Å². The maximum absolute atomic E-state index is 12.4. The summed E-state index contributed by atoms with van der Waals surface area (Å²) in [6.07, 6.45) is 0.129. The molecule has 1 heterocycles. The van der Waals surface area contributed by atoms with Crippen LogP contribution in [0.25, 0.3) is 0 Å². The largest absolute Gasteiger partial charge is 0.467 e. The molecule has 1 amide bonds. The molecule has 0 saturated carbocycles. The Bertz CT molecular complexity index is 570. The number of hydrogen-bond acceptors (Lipinski definition) is 5. The lowest BCUT2D eigenvalue weighted by Gasteiger charge is -2.27. The van der Waals surface area contributed by atoms with E-state index in [0.29, 0.717) is 13.0 Å². The number of likely N-dealkylation sites (tertiary alicyclic amines) is 1. The van der Waals surface area contributed by atoms with Gasteiger partial charge in [0, 0.05) is 17.5 Å². The lowest BCUT2D eigenvalue weighted by Crippen LogP contribution is -2.43. The topological polar surface area (TPSA) is 55.8 Å². The number of methoxy groups -OCH3 is 1. The second kappa shape index (κ2) is 7.92. The predicted molar refractivity (Wildman–Crippen MR) is 94.9 cm³/mol. The molecule has 24 heavy (non-hydrogen) atoms. The van der Waals surface area contributed by atoms with E-state index < -0.39 is 17.7 Å². The summed E-state index contributed by atoms with van der Waals surface area (Å²) in [6, 6.07) is 9.58. The number of amides is 1. The van der Waals surface area contributed by atoms with E-state index >= 15 is 0 Å². The van der Waals surface area contributed by atoms with Crippen LogP contribution in [0.4, 0.5) is 4.79 Å². The molecular formula is C18H25NO4S. The SMILES string of the molecule is COC(=O)[C@@H]1C[C@@H](SCc2ccccc2)CN1C(=O)OC(C)(C)C. The van der Waals surface area contributed by atoms with Gasteiger partial charge in [0.25, 0.3) is 0 Å². The summed E-state index contributed by atoms with van der Waals surface area (Å²) in [7, 11) is 1.35. The highest BCUT2D eigenvalue weighted by Gasteiger charge is 2.42. The zero-order valence-electron chi connectivity index (χ0n) is 14.7. The normalized spacial score (nSPS) is 20.8. The zero-order valence-corrected chi connectivity index (χ0v) is 15.5. The maximum atomic E-state index is 12.4. The van der Waals surface area contributed by atoms with Crippen molar-refractivity contribution in [2.45, 2.75) is 49.8 Å². The van der Waals surface area contributed by atoms with Gasteiger partial charge in [-0.05, 0) is 32.8 Å². The molecule has 1 aliphatic rings. The molecule has 2 rings (SSSR count). The van der Waals surface area contributed by atoms with Gasteiger partial charge in [-0.15, -0.1) is 0 Å². The molecule has 0 aliphatic carbocycles. The minimum atomic E-state index is -0.590. The standard InChI is InChI=1S/C18H25NO4S/c1-18(2,3)23-17(21)19-11-14(10-15(19)16(20)22-4)24-12-13-8-6-5-7-9-13/h5-9,14-15H,10-12H2,1-4H3/t14-,15+/m1/s1. The first kappa shape index (κ1) is 18.6. The molecule has 1 aromatic carbocycles. The Kier molecular flexibility index (Phi) is 6.15. The molecule has 0 spiro atoms. The fourth-order valence-electron chi connectivity index (χ4n) is 2.59. The smallest absolute Gasteiger partial charge is 0.411 e. The molecule has 0 radical (unpaired) electrons. The Morgan fingerprint density at radius 3 is 2.50 bits per heavy atom. The molecule has 1 fully saturated rings. The van der Waals surface area contributed by atoms with E-state index in [2.05, 4.69) is 12.1 Å². The molecule has 132 valence electrons. The van der Waals surface area contributed by atoms with Gasteiger partial charge in [-0.25, -0.2) is 9.59 Å². The van der Waals surface area contributed by atoms with Gasteiger partial charge in [0.1, 0.15) is 11.6 Å². The van der Waals surface area contributed by atoms with Crippen LogP contribution >= 0.6 is 11.8 Å². The van der Waals surface area contributed by atoms with Crippen molar-refractivity contribution in [3.63, 3.8) is 0 Å². The lowest BCUT2D eigenvalue weighted by molar-refractivity contribution is -0.145. The van der Waals surface area contributed by atoms with E-state index in [-0.39, 0.29) is 11.2 Å². The fourth-order valence-corrected chi connectivity index (χ4v) is 3.79. The zero-order chi connectivity index (χ0) is 17.7. The molecule has 0 unspecified atom stereocenters. The van der Waals surface area contributed by atoms with Gasteiger partial charge in [0.05, 0.1) is 7.11 Å². The fraction of sp³-hybridized carbons (Fsp3) is 0.556. The number of carbonyl (C=O) groups is 2. The van der Waals surface area contributed by atoms with Crippen molar-refractivity contribution in [3.05, 3.63) is 35.9 Å². The Labute approximate surface area is 147 Å². The van der Waals surface area contributed by atoms with Crippen LogP contribution in [-0.2, 0) is 20.0 Å². The third-order valence-corrected chi connectivity index (χ3v) is 5.01. The Morgan fingerprint density at radius 1 is 1.25 bits per heavy atom. The molecule has 0 bridgehead atoms. The van der Waals surface area contributed by atoms with E-state index in [9.17, 15) is 9.59 Å². The van der Waals surface area contributed by atoms with Crippen LogP contribution in [0.5, 0.6) is 0 Å². The van der Waals surface area contributed by atoms with Crippen molar-refractivity contribution in [3.8, 4) is 0 Å². The summed E-state index contributed by atoms with van der Waals surface area (Å²) in [5, 5.41) is 0.182. The number of benzene rings is 1. The van der Waals surface area contributed by atoms with Crippen LogP contribution in [0.3, 0.4) is 0 Å². The summed E-state index contributed by atoms with van der Waals surface area (Å²) in [5.41, 5.74) is 0.639. The van der Waals surface area contributed by atoms with Crippen LogP contribution in [-0.4, -0.2) is 47.5 Å². The van der Waals surface area contributed by atoms with Crippen LogP contribution in [0, 0.1) is 0 Å². The highest BCUT2D eigenvalue weighted by Crippen LogP contribution is 2.31. The first-order valence-electron chi connectivity index (χ1n) is 8.03. The Balaban J connectivity index is 2.01. The summed E-state index contributed by atoms with van der Waals surface area (Å²) < 4.78 is 10.3. The maximum Gasteiger partial charge on any atom is 0.411 e. The van der Waals surface area contributed by atoms with Gasteiger partial charge >= 0.3 is 12.1 Å². The first-order chi connectivity index (χ1) is 11.3. The second-order valence-corrected chi connectivity index (χ2v) is 8.11. The molecule has 1 aromatic rings. The lowest BCUT2D eigenvalue weighted by atomic mass is 10.2. The number of carbonyl (C=O) groups excluding carboxylic acids is 2. The van der Waals surface area contributed by atoms with Crippen molar-refractivity contribution in [2.75, 3.05) is 13.7 Å². The third kappa shape index (κ3) is 5.16. The van der Waals surface area contributed by atoms with Gasteiger partial charge in [-0.2, -0.15) is 11.8 Å². The van der Waals surface area contributed by atoms with Crippen LogP contribution < -0.4 is 0 Å². The van der Waals surface area contributed by atoms with Gasteiger partial charge in [0.2, 0.25) is 0 Å². The molecule has 2 atom stereocenters. The van der Waals surface area contributed by atoms with Crippen molar-refractivity contribution in [1.29, 1.82) is 0 Å². The highest BCUT2D eigenvalue weighted by atomic mass is 32.2. The number of hydrogen-bond donors (Lipinski definition) is 0. The van der Waals surface area contributed by atoms with Crippen LogP contribution in [0.15, 0.2) is 30.3 Å². The van der Waals surface area contributed by atoms with Gasteiger partial charge in [-0.1, -0.05) is 30.3 Å². The number of esters is 1. The van der Waals surface area contributed by atoms with Crippen molar-refractivity contribution in [2.24, 2.45) is 0 Å². The van der Waals surface area contributed by atoms with Crippen LogP contribution in [0.1, 0.15) is 32.8 Å². The summed E-state index contributed by atoms with van der Waals surface area (Å²) in [5.74, 6) is 0.463. The number of nitrogens with zero attached hydrogens (tertiary/aromatic N) is 1. The summed E-state index contributed by atoms with van der Waals surface area (Å²) >= 11 is 1.75. The number of ether oxygens (including phenoxy) is 2. The predicted octanol–water partition coefficient (Wildman–Crippen LogP) is 3.47. The third-order valence-electron chi connectivity index (χ3n) is 3.69. The molecule has 5 nitrogen and oxygen atoms in total. The molecule has 1 saturated heterocycles. The van der Waals surface area contributed by atoms with E-state index in [0.717, 1.165) is 5.75 Å². The summed E-state index contributed by atoms with van der Waals surface area (Å²) in [6.45, 7) is 5.94. The molecule has 0 N–H and O–H groups in total. The number of rotatable bonds is 4. The van der Waals surface area contributed by atoms with Crippen molar-refractivity contribution >= 4 is 23.8 Å². The molecular weight excluding hydrogens is 326 g/mol. The van der Waals surface area contributed by atoms with E-state index in [1.807, 2.05) is 39.0 Å². The molecule has 6 heteroatoms. The van der Waals surface area contributed by atoms with Gasteiger partial charge < -0.3 is 9.47 Å². The van der Waals surface area contributed by atoms with E-state index in [1.54, 1.807) is 11.8 Å². The van der Waals surface area contributed by atoms with Crippen molar-refractivity contribution < 1.29 is 19.1 Å². The second-order valence-electron chi connectivity index (χ2n) is 6.83. The minimum absolute atomic E-state index is 0.182. The quantitative estimate of drug-likeness (QED) is 0.778. The minimum Gasteiger partial charge on any atom is -0.467 e. The molecule has 0 aromatic heterocycles. The average molecular weight is 351 g/mol.